The monoisotopic (exact) mass is 256 g/mol. The molecule has 2 aliphatic rings. The first-order chi connectivity index (χ1) is 8.36. The van der Waals surface area contributed by atoms with Crippen LogP contribution >= 0.6 is 11.5 Å². The minimum absolute atomic E-state index is 0.290. The van der Waals surface area contributed by atoms with Crippen molar-refractivity contribution in [3.8, 4) is 0 Å². The smallest absolute Gasteiger partial charge is 0.168 e. The summed E-state index contributed by atoms with van der Waals surface area (Å²) in [6.45, 7) is 2.03. The molecule has 6 heteroatoms. The van der Waals surface area contributed by atoms with Gasteiger partial charge in [0.25, 0.3) is 0 Å². The van der Waals surface area contributed by atoms with Crippen molar-refractivity contribution in [2.24, 2.45) is 0 Å². The van der Waals surface area contributed by atoms with Gasteiger partial charge < -0.3 is 14.2 Å². The molecule has 1 aliphatic heterocycles. The minimum Gasteiger partial charge on any atom is -0.372 e. The van der Waals surface area contributed by atoms with Gasteiger partial charge in [-0.05, 0) is 24.4 Å². The van der Waals surface area contributed by atoms with Gasteiger partial charge in [0.1, 0.15) is 5.69 Å². The van der Waals surface area contributed by atoms with E-state index in [9.17, 15) is 0 Å². The van der Waals surface area contributed by atoms with Crippen molar-refractivity contribution < 1.29 is 14.2 Å². The van der Waals surface area contributed by atoms with Gasteiger partial charge in [-0.2, -0.15) is 0 Å². The Hall–Kier alpha value is -0.560. The molecule has 1 aromatic rings. The molecule has 0 bridgehead atoms. The van der Waals surface area contributed by atoms with Crippen LogP contribution in [0.25, 0.3) is 0 Å². The summed E-state index contributed by atoms with van der Waals surface area (Å²) in [5.41, 5.74) is 0.920. The Morgan fingerprint density at radius 2 is 2.12 bits per heavy atom. The molecular formula is C11H16N2O3S. The number of ether oxygens (including phenoxy) is 3. The highest BCUT2D eigenvalue weighted by Gasteiger charge is 2.40. The molecule has 1 aromatic heterocycles. The molecular weight excluding hydrogens is 240 g/mol. The van der Waals surface area contributed by atoms with E-state index < -0.39 is 0 Å². The zero-order valence-electron chi connectivity index (χ0n) is 9.63. The van der Waals surface area contributed by atoms with Crippen molar-refractivity contribution in [3.63, 3.8) is 0 Å². The van der Waals surface area contributed by atoms with Gasteiger partial charge in [0, 0.05) is 18.2 Å². The van der Waals surface area contributed by atoms with E-state index in [1.807, 2.05) is 5.38 Å². The summed E-state index contributed by atoms with van der Waals surface area (Å²) < 4.78 is 21.0. The van der Waals surface area contributed by atoms with E-state index >= 15 is 0 Å². The summed E-state index contributed by atoms with van der Waals surface area (Å²) in [7, 11) is 0. The Morgan fingerprint density at radius 1 is 1.35 bits per heavy atom. The molecule has 17 heavy (non-hydrogen) atoms. The zero-order valence-corrected chi connectivity index (χ0v) is 10.4. The molecule has 0 N–H and O–H groups in total. The number of aromatic nitrogens is 2. The number of hydrogen-bond acceptors (Lipinski definition) is 6. The second kappa shape index (κ2) is 4.97. The SMILES string of the molecule is c1snnc1COC1CCC2(CC1)OCCO2. The maximum atomic E-state index is 5.82. The van der Waals surface area contributed by atoms with E-state index in [4.69, 9.17) is 14.2 Å². The third kappa shape index (κ3) is 2.65. The quantitative estimate of drug-likeness (QED) is 0.824. The summed E-state index contributed by atoms with van der Waals surface area (Å²) in [5, 5.41) is 5.89. The van der Waals surface area contributed by atoms with Crippen molar-refractivity contribution in [1.29, 1.82) is 0 Å². The summed E-state index contributed by atoms with van der Waals surface area (Å²) in [6.07, 6.45) is 4.17. The highest BCUT2D eigenvalue weighted by Crippen LogP contribution is 2.36. The van der Waals surface area contributed by atoms with E-state index in [-0.39, 0.29) is 5.79 Å². The van der Waals surface area contributed by atoms with Gasteiger partial charge in [0.2, 0.25) is 0 Å². The van der Waals surface area contributed by atoms with Crippen LogP contribution in [0.4, 0.5) is 0 Å². The van der Waals surface area contributed by atoms with E-state index in [1.54, 1.807) is 0 Å². The summed E-state index contributed by atoms with van der Waals surface area (Å²) >= 11 is 1.36. The molecule has 5 nitrogen and oxygen atoms in total. The molecule has 3 rings (SSSR count). The van der Waals surface area contributed by atoms with Gasteiger partial charge in [-0.25, -0.2) is 0 Å². The molecule has 2 heterocycles. The predicted octanol–water partition coefficient (Wildman–Crippen LogP) is 1.74. The van der Waals surface area contributed by atoms with Gasteiger partial charge in [0.05, 0.1) is 25.9 Å². The average Bonchev–Trinajstić information content (AvgIpc) is 3.01. The zero-order chi connectivity index (χ0) is 11.6. The molecule has 1 spiro atoms. The second-order valence-corrected chi connectivity index (χ2v) is 5.12. The van der Waals surface area contributed by atoms with Crippen molar-refractivity contribution in [3.05, 3.63) is 11.1 Å². The normalized spacial score (nSPS) is 24.5. The fourth-order valence-corrected chi connectivity index (χ4v) is 2.87. The molecule has 1 saturated heterocycles. The third-order valence-corrected chi connectivity index (χ3v) is 3.93. The molecule has 0 radical (unpaired) electrons. The lowest BCUT2D eigenvalue weighted by Gasteiger charge is -2.35. The van der Waals surface area contributed by atoms with Crippen LogP contribution in [-0.4, -0.2) is 34.7 Å². The molecule has 0 atom stereocenters. The Morgan fingerprint density at radius 3 is 2.76 bits per heavy atom. The van der Waals surface area contributed by atoms with Crippen LogP contribution in [0.2, 0.25) is 0 Å². The van der Waals surface area contributed by atoms with Gasteiger partial charge in [-0.3, -0.25) is 0 Å². The van der Waals surface area contributed by atoms with Crippen LogP contribution in [0.5, 0.6) is 0 Å². The fraction of sp³-hybridized carbons (Fsp3) is 0.818. The first-order valence-electron chi connectivity index (χ1n) is 6.02. The van der Waals surface area contributed by atoms with Gasteiger partial charge in [-0.1, -0.05) is 4.49 Å². The van der Waals surface area contributed by atoms with E-state index in [0.717, 1.165) is 44.6 Å². The first-order valence-corrected chi connectivity index (χ1v) is 6.85. The lowest BCUT2D eigenvalue weighted by molar-refractivity contribution is -0.192. The van der Waals surface area contributed by atoms with E-state index in [0.29, 0.717) is 12.7 Å². The number of nitrogens with zero attached hydrogens (tertiary/aromatic N) is 2. The third-order valence-electron chi connectivity index (χ3n) is 3.38. The Bertz CT molecular complexity index is 342. The summed E-state index contributed by atoms with van der Waals surface area (Å²) in [4.78, 5) is 0. The molecule has 1 aliphatic carbocycles. The van der Waals surface area contributed by atoms with Crippen LogP contribution in [0.3, 0.4) is 0 Å². The molecule has 0 unspecified atom stereocenters. The van der Waals surface area contributed by atoms with Crippen molar-refractivity contribution in [1.82, 2.24) is 9.59 Å². The first kappa shape index (κ1) is 11.5. The van der Waals surface area contributed by atoms with Crippen molar-refractivity contribution >= 4 is 11.5 Å². The Balaban J connectivity index is 1.45. The second-order valence-electron chi connectivity index (χ2n) is 4.51. The largest absolute Gasteiger partial charge is 0.372 e. The van der Waals surface area contributed by atoms with E-state index in [2.05, 4.69) is 9.59 Å². The maximum absolute atomic E-state index is 5.82. The van der Waals surface area contributed by atoms with Gasteiger partial charge in [0.15, 0.2) is 5.79 Å². The van der Waals surface area contributed by atoms with E-state index in [1.165, 1.54) is 11.5 Å². The molecule has 2 fully saturated rings. The Kier molecular flexibility index (Phi) is 3.37. The lowest BCUT2D eigenvalue weighted by atomic mass is 9.92. The summed E-state index contributed by atoms with van der Waals surface area (Å²) in [6, 6.07) is 0. The lowest BCUT2D eigenvalue weighted by Crippen LogP contribution is -2.37. The minimum atomic E-state index is -0.290. The van der Waals surface area contributed by atoms with Crippen LogP contribution in [0, 0.1) is 0 Å². The predicted molar refractivity (Wildman–Crippen MR) is 61.6 cm³/mol. The fourth-order valence-electron chi connectivity index (χ4n) is 2.43. The standard InChI is InChI=1S/C11H16N2O3S/c1-3-11(15-5-6-16-11)4-2-10(1)14-7-9-8-17-13-12-9/h8,10H,1-7H2. The van der Waals surface area contributed by atoms with Crippen LogP contribution in [0.15, 0.2) is 5.38 Å². The molecule has 1 saturated carbocycles. The molecule has 0 amide bonds. The summed E-state index contributed by atoms with van der Waals surface area (Å²) in [5.74, 6) is -0.290. The molecule has 94 valence electrons. The average molecular weight is 256 g/mol. The number of rotatable bonds is 3. The van der Waals surface area contributed by atoms with Gasteiger partial charge in [-0.15, -0.1) is 5.10 Å². The van der Waals surface area contributed by atoms with Crippen LogP contribution in [0.1, 0.15) is 31.4 Å². The van der Waals surface area contributed by atoms with Crippen molar-refractivity contribution in [2.45, 2.75) is 44.2 Å². The number of hydrogen-bond donors (Lipinski definition) is 0. The van der Waals surface area contributed by atoms with Crippen molar-refractivity contribution in [2.75, 3.05) is 13.2 Å². The highest BCUT2D eigenvalue weighted by molar-refractivity contribution is 7.03. The topological polar surface area (TPSA) is 53.5 Å². The maximum Gasteiger partial charge on any atom is 0.168 e. The van der Waals surface area contributed by atoms with Crippen LogP contribution < -0.4 is 0 Å². The van der Waals surface area contributed by atoms with Gasteiger partial charge >= 0.3 is 0 Å². The van der Waals surface area contributed by atoms with Crippen LogP contribution in [-0.2, 0) is 20.8 Å². The Labute approximate surface area is 104 Å². The highest BCUT2D eigenvalue weighted by atomic mass is 32.1. The molecule has 0 aromatic carbocycles.